The predicted molar refractivity (Wildman–Crippen MR) is 281 cm³/mol. The second-order valence-electron chi connectivity index (χ2n) is 21.3. The molecule has 1 aromatic heterocycles. The minimum absolute atomic E-state index is 0.00464. The minimum Gasteiger partial charge on any atom is -0.497 e. The zero-order chi connectivity index (χ0) is 56.7. The lowest BCUT2D eigenvalue weighted by Crippen LogP contribution is -2.66. The van der Waals surface area contributed by atoms with Crippen LogP contribution in [0.3, 0.4) is 0 Å². The van der Waals surface area contributed by atoms with Crippen LogP contribution in [0, 0.1) is 11.8 Å². The fourth-order valence-corrected chi connectivity index (χ4v) is 11.1. The molecular formula is C56H89N3O18. The molecule has 77 heavy (non-hydrogen) atoms. The summed E-state index contributed by atoms with van der Waals surface area (Å²) in [7, 11) is 9.63. The first kappa shape index (κ1) is 63.7. The Balaban J connectivity index is 1.49. The monoisotopic (exact) mass is 1090 g/mol. The van der Waals surface area contributed by atoms with Crippen molar-refractivity contribution in [3.8, 4) is 5.75 Å². The molecule has 0 unspecified atom stereocenters. The summed E-state index contributed by atoms with van der Waals surface area (Å²) in [5, 5.41) is 25.8. The minimum atomic E-state index is -1.42. The number of esters is 4. The lowest BCUT2D eigenvalue weighted by atomic mass is 9.82. The summed E-state index contributed by atoms with van der Waals surface area (Å²) in [6.45, 7) is 14.9. The number of methoxy groups -OCH3 is 4. The Morgan fingerprint density at radius 2 is 1.62 bits per heavy atom. The first-order chi connectivity index (χ1) is 36.6. The van der Waals surface area contributed by atoms with Gasteiger partial charge in [0.2, 0.25) is 0 Å². The van der Waals surface area contributed by atoms with Crippen molar-refractivity contribution in [3.63, 3.8) is 0 Å². The van der Waals surface area contributed by atoms with Crippen molar-refractivity contribution in [2.45, 2.75) is 205 Å². The molecule has 0 bridgehead atoms. The number of hydrogen-bond acceptors (Lipinski definition) is 21. The third kappa shape index (κ3) is 17.4. The fraction of sp³-hybridized carbons (Fsp3) is 0.768. The molecule has 3 aliphatic heterocycles. The smallest absolute Gasteiger partial charge is 0.309 e. The van der Waals surface area contributed by atoms with E-state index < -0.39 is 134 Å². The number of aliphatic hydroxyl groups is 2. The van der Waals surface area contributed by atoms with Crippen LogP contribution in [0.4, 0.5) is 0 Å². The standard InChI is InChI=1S/C56H89N3O18/c1-15-44(62)73-43-29-46(64)70-33(4)22-25-59(24-17-18-37-21-23-57-41-20-19-39(66-11)28-40(37)41)31-42(61)32(3)26-38(27-47(67-12)68-13)52(53(43)69-14)76-55-50(65)49(58(9)10)51(34(5)72-55)75-48-30-56(8,77-36(7)60)54(35(6)71-48)74-45(63)16-2/h19-21,23,28,32-35,38,42-43,47-55,61,65H,15-18,22,24-27,29-31H2,1-14H3/t32-,33-,34-,35+,38-,42+,43-,48+,49-,50-,51-,52+,53+,54+,55+,56-/m1/s1. The first-order valence-electron chi connectivity index (χ1n) is 27.2. The van der Waals surface area contributed by atoms with Gasteiger partial charge in [-0.05, 0) is 116 Å². The quantitative estimate of drug-likeness (QED) is 0.0992. The molecule has 3 fully saturated rings. The number of pyridine rings is 1. The Kier molecular flexibility index (Phi) is 24.7. The molecule has 3 saturated heterocycles. The van der Waals surface area contributed by atoms with Crippen LogP contribution in [0.25, 0.3) is 10.9 Å². The number of aromatic nitrogens is 1. The molecule has 0 radical (unpaired) electrons. The fourth-order valence-electron chi connectivity index (χ4n) is 11.1. The Morgan fingerprint density at radius 1 is 0.922 bits per heavy atom. The van der Waals surface area contributed by atoms with Gasteiger partial charge >= 0.3 is 23.9 Å². The van der Waals surface area contributed by atoms with Crippen molar-refractivity contribution in [3.05, 3.63) is 36.0 Å². The molecule has 0 spiro atoms. The Bertz CT molecular complexity index is 2180. The van der Waals surface area contributed by atoms with Crippen molar-refractivity contribution in [2.24, 2.45) is 11.8 Å². The van der Waals surface area contributed by atoms with Crippen LogP contribution in [0.2, 0.25) is 0 Å². The van der Waals surface area contributed by atoms with E-state index in [1.165, 1.54) is 28.3 Å². The summed E-state index contributed by atoms with van der Waals surface area (Å²) in [6, 6.07) is 7.03. The second kappa shape index (κ2) is 29.9. The van der Waals surface area contributed by atoms with Gasteiger partial charge in [-0.3, -0.25) is 24.2 Å². The van der Waals surface area contributed by atoms with Crippen LogP contribution >= 0.6 is 0 Å². The number of aryl methyl sites for hydroxylation is 1. The third-order valence-corrected chi connectivity index (χ3v) is 15.2. The topological polar surface area (TPSA) is 239 Å². The highest BCUT2D eigenvalue weighted by atomic mass is 16.7. The van der Waals surface area contributed by atoms with Crippen molar-refractivity contribution in [1.82, 2.24) is 14.8 Å². The molecule has 0 aliphatic carbocycles. The molecule has 16 atom stereocenters. The zero-order valence-electron chi connectivity index (χ0n) is 47.9. The first-order valence-corrected chi connectivity index (χ1v) is 27.2. The van der Waals surface area contributed by atoms with Crippen LogP contribution in [0.15, 0.2) is 30.5 Å². The van der Waals surface area contributed by atoms with Gasteiger partial charge in [0, 0.05) is 78.6 Å². The molecule has 5 rings (SSSR count). The van der Waals surface area contributed by atoms with Gasteiger partial charge in [0.15, 0.2) is 30.6 Å². The number of ether oxygens (including phenoxy) is 12. The van der Waals surface area contributed by atoms with E-state index in [1.807, 2.05) is 38.1 Å². The highest BCUT2D eigenvalue weighted by Gasteiger charge is 2.55. The Labute approximate surface area is 455 Å². The number of rotatable bonds is 20. The van der Waals surface area contributed by atoms with Gasteiger partial charge in [0.25, 0.3) is 0 Å². The summed E-state index contributed by atoms with van der Waals surface area (Å²) < 4.78 is 73.6. The van der Waals surface area contributed by atoms with Crippen molar-refractivity contribution in [2.75, 3.05) is 62.2 Å². The van der Waals surface area contributed by atoms with Gasteiger partial charge in [-0.1, -0.05) is 20.8 Å². The molecule has 2 aromatic rings. The molecule has 21 heteroatoms. The number of likely N-dealkylation sites (N-methyl/N-ethyl adjacent to an activating group) is 1. The third-order valence-electron chi connectivity index (χ3n) is 15.2. The number of carbonyl (C=O) groups excluding carboxylic acids is 4. The number of carbonyl (C=O) groups is 4. The summed E-state index contributed by atoms with van der Waals surface area (Å²) in [5.41, 5.74) is 0.664. The largest absolute Gasteiger partial charge is 0.497 e. The zero-order valence-corrected chi connectivity index (χ0v) is 47.9. The van der Waals surface area contributed by atoms with Gasteiger partial charge in [-0.25, -0.2) is 0 Å². The molecule has 0 saturated carbocycles. The maximum Gasteiger partial charge on any atom is 0.309 e. The maximum atomic E-state index is 14.0. The van der Waals surface area contributed by atoms with Crippen LogP contribution in [-0.2, 0) is 77.7 Å². The molecule has 4 heterocycles. The van der Waals surface area contributed by atoms with E-state index in [0.29, 0.717) is 26.1 Å². The lowest BCUT2D eigenvalue weighted by molar-refractivity contribution is -0.345. The number of aliphatic hydroxyl groups excluding tert-OH is 2. The van der Waals surface area contributed by atoms with Crippen LogP contribution in [0.5, 0.6) is 5.75 Å². The molecular weight excluding hydrogens is 1000 g/mol. The van der Waals surface area contributed by atoms with E-state index in [0.717, 1.165) is 35.1 Å². The van der Waals surface area contributed by atoms with Crippen molar-refractivity contribution in [1.29, 1.82) is 0 Å². The number of cyclic esters (lactones) is 1. The Morgan fingerprint density at radius 3 is 2.26 bits per heavy atom. The van der Waals surface area contributed by atoms with E-state index in [1.54, 1.807) is 66.9 Å². The van der Waals surface area contributed by atoms with Crippen molar-refractivity contribution < 1.29 is 86.2 Å². The number of nitrogens with zero attached hydrogens (tertiary/aromatic N) is 3. The number of hydrogen-bond donors (Lipinski definition) is 2. The van der Waals surface area contributed by atoms with Gasteiger partial charge in [0.05, 0.1) is 49.5 Å². The summed E-state index contributed by atoms with van der Waals surface area (Å²) in [4.78, 5) is 60.8. The highest BCUT2D eigenvalue weighted by Crippen LogP contribution is 2.40. The maximum absolute atomic E-state index is 14.0. The van der Waals surface area contributed by atoms with E-state index in [-0.39, 0.29) is 32.1 Å². The molecule has 0 amide bonds. The lowest BCUT2D eigenvalue weighted by Gasteiger charge is -2.51. The number of β-amino-alcohol motifs (C(OH)–C–C–N with tert-alkyl or cyclic N) is 1. The van der Waals surface area contributed by atoms with E-state index in [4.69, 9.17) is 56.8 Å². The van der Waals surface area contributed by atoms with E-state index in [2.05, 4.69) is 9.88 Å². The molecule has 21 nitrogen and oxygen atoms in total. The summed E-state index contributed by atoms with van der Waals surface area (Å²) >= 11 is 0. The van der Waals surface area contributed by atoms with Crippen LogP contribution in [0.1, 0.15) is 112 Å². The Hall–Kier alpha value is -4.13. The second-order valence-corrected chi connectivity index (χ2v) is 21.3. The SMILES string of the molecule is CCC(=O)O[C@@H]1CC(=O)O[C@H](C)CCN(CCCc2ccnc3ccc(OC)cc23)C[C@H](O)[C@H](C)C[C@H](CC(OC)OC)[C@H](O[C@@H]2O[C@H](C)[C@@H](O[C@H]3C[C@@](C)(OC(C)=O)[C@@H](OC(=O)CC)[C@H](C)O3)[C@H](N(C)C)[C@H]2O)[C@H]1OC. The average molecular weight is 1090 g/mol. The van der Waals surface area contributed by atoms with E-state index >= 15 is 0 Å². The van der Waals surface area contributed by atoms with Crippen molar-refractivity contribution >= 4 is 34.8 Å². The molecule has 436 valence electrons. The predicted octanol–water partition coefficient (Wildman–Crippen LogP) is 5.14. The molecule has 2 N–H and O–H groups in total. The number of benzene rings is 1. The highest BCUT2D eigenvalue weighted by molar-refractivity contribution is 5.83. The van der Waals surface area contributed by atoms with Gasteiger partial charge in [-0.2, -0.15) is 0 Å². The van der Waals surface area contributed by atoms with Gasteiger partial charge in [-0.15, -0.1) is 0 Å². The van der Waals surface area contributed by atoms with Crippen LogP contribution < -0.4 is 4.74 Å². The normalized spacial score (nSPS) is 33.2. The summed E-state index contributed by atoms with van der Waals surface area (Å²) in [6.07, 6.45) is -9.00. The van der Waals surface area contributed by atoms with Gasteiger partial charge < -0.3 is 76.9 Å². The molecule has 1 aromatic carbocycles. The number of fused-ring (bicyclic) bond motifs is 1. The average Bonchev–Trinajstić information content (AvgIpc) is 3.41. The van der Waals surface area contributed by atoms with Crippen LogP contribution in [-0.4, -0.2) is 203 Å². The molecule has 3 aliphatic rings. The van der Waals surface area contributed by atoms with E-state index in [9.17, 15) is 29.4 Å². The summed E-state index contributed by atoms with van der Waals surface area (Å²) in [5.74, 6) is -2.56. The van der Waals surface area contributed by atoms with Gasteiger partial charge in [0.1, 0.15) is 36.3 Å².